The number of nitrogens with one attached hydrogen (secondary N) is 1. The minimum absolute atomic E-state index is 0.100. The maximum Gasteiger partial charge on any atom is 0.192 e. The molecule has 1 heterocycles. The van der Waals surface area contributed by atoms with Gasteiger partial charge in [0.15, 0.2) is 8.32 Å². The molecule has 1 saturated heterocycles. The summed E-state index contributed by atoms with van der Waals surface area (Å²) in [5.41, 5.74) is 0.647. The second-order valence-electron chi connectivity index (χ2n) is 8.59. The molecular weight excluding hydrogens is 338 g/mol. The highest BCUT2D eigenvalue weighted by atomic mass is 28.4. The third kappa shape index (κ3) is 5.33. The van der Waals surface area contributed by atoms with E-state index in [2.05, 4.69) is 44.1 Å². The highest BCUT2D eigenvalue weighted by molar-refractivity contribution is 6.74. The first kappa shape index (κ1) is 20.5. The molecule has 1 aromatic carbocycles. The zero-order valence-corrected chi connectivity index (χ0v) is 17.3. The van der Waals surface area contributed by atoms with E-state index in [1.54, 1.807) is 0 Å². The molecule has 3 nitrogen and oxygen atoms in total. The van der Waals surface area contributed by atoms with Crippen molar-refractivity contribution in [1.82, 2.24) is 10.2 Å². The van der Waals surface area contributed by atoms with Gasteiger partial charge in [-0.1, -0.05) is 20.8 Å². The van der Waals surface area contributed by atoms with Crippen LogP contribution in [0.3, 0.4) is 0 Å². The SMILES string of the molecule is CN[C@H](CN1CC[C@@H](O[Si](C)(C)C(C)(C)C)C1)c1cc(F)cc(F)c1. The van der Waals surface area contributed by atoms with Gasteiger partial charge in [0, 0.05) is 31.7 Å². The van der Waals surface area contributed by atoms with Crippen molar-refractivity contribution in [2.24, 2.45) is 0 Å². The van der Waals surface area contributed by atoms with Gasteiger partial charge in [-0.15, -0.1) is 0 Å². The van der Waals surface area contributed by atoms with Crippen LogP contribution in [0.5, 0.6) is 0 Å². The molecule has 1 aliphatic rings. The number of nitrogens with zero attached hydrogens (tertiary/aromatic N) is 1. The lowest BCUT2D eigenvalue weighted by Gasteiger charge is -2.38. The molecule has 142 valence electrons. The highest BCUT2D eigenvalue weighted by Crippen LogP contribution is 2.38. The largest absolute Gasteiger partial charge is 0.413 e. The van der Waals surface area contributed by atoms with E-state index in [1.165, 1.54) is 12.1 Å². The lowest BCUT2D eigenvalue weighted by Crippen LogP contribution is -2.44. The average molecular weight is 371 g/mol. The number of likely N-dealkylation sites (tertiary alicyclic amines) is 1. The predicted octanol–water partition coefficient (Wildman–Crippen LogP) is 4.32. The van der Waals surface area contributed by atoms with Crippen LogP contribution in [0.15, 0.2) is 18.2 Å². The molecule has 0 unspecified atom stereocenters. The first-order chi connectivity index (χ1) is 11.5. The Bertz CT molecular complexity index is 569. The summed E-state index contributed by atoms with van der Waals surface area (Å²) < 4.78 is 33.5. The number of hydrogen-bond donors (Lipinski definition) is 1. The summed E-state index contributed by atoms with van der Waals surface area (Å²) in [6.07, 6.45) is 1.27. The van der Waals surface area contributed by atoms with Gasteiger partial charge in [-0.25, -0.2) is 8.78 Å². The first-order valence-electron chi connectivity index (χ1n) is 9.05. The van der Waals surface area contributed by atoms with Gasteiger partial charge in [-0.05, 0) is 49.3 Å². The average Bonchev–Trinajstić information content (AvgIpc) is 2.89. The maximum atomic E-state index is 13.5. The fourth-order valence-corrected chi connectivity index (χ4v) is 4.43. The molecule has 1 aliphatic heterocycles. The van der Waals surface area contributed by atoms with E-state index < -0.39 is 20.0 Å². The van der Waals surface area contributed by atoms with Crippen molar-refractivity contribution in [3.8, 4) is 0 Å². The quantitative estimate of drug-likeness (QED) is 0.755. The molecule has 1 N–H and O–H groups in total. The van der Waals surface area contributed by atoms with Crippen LogP contribution in [0.1, 0.15) is 38.8 Å². The molecule has 0 aromatic heterocycles. The summed E-state index contributed by atoms with van der Waals surface area (Å²) in [5, 5.41) is 3.38. The number of likely N-dealkylation sites (N-methyl/N-ethyl adjacent to an activating group) is 1. The Balaban J connectivity index is 1.97. The molecule has 0 saturated carbocycles. The Morgan fingerprint density at radius 2 is 1.84 bits per heavy atom. The van der Waals surface area contributed by atoms with E-state index in [9.17, 15) is 8.78 Å². The fourth-order valence-electron chi connectivity index (χ4n) is 3.05. The summed E-state index contributed by atoms with van der Waals surface area (Å²) in [4.78, 5) is 2.32. The molecule has 0 amide bonds. The van der Waals surface area contributed by atoms with Crippen molar-refractivity contribution in [3.05, 3.63) is 35.4 Å². The molecule has 2 atom stereocenters. The first-order valence-corrected chi connectivity index (χ1v) is 12.0. The van der Waals surface area contributed by atoms with Gasteiger partial charge in [-0.2, -0.15) is 0 Å². The molecule has 2 rings (SSSR count). The Labute approximate surface area is 151 Å². The van der Waals surface area contributed by atoms with E-state index in [4.69, 9.17) is 4.43 Å². The molecular formula is C19H32F2N2OSi. The van der Waals surface area contributed by atoms with Crippen molar-refractivity contribution in [2.45, 2.75) is 57.5 Å². The zero-order valence-electron chi connectivity index (χ0n) is 16.3. The monoisotopic (exact) mass is 370 g/mol. The summed E-state index contributed by atoms with van der Waals surface area (Å²) in [7, 11) is 0.0585. The van der Waals surface area contributed by atoms with Crippen LogP contribution in [0.25, 0.3) is 0 Å². The lowest BCUT2D eigenvalue weighted by atomic mass is 10.1. The molecule has 0 radical (unpaired) electrons. The smallest absolute Gasteiger partial charge is 0.192 e. The predicted molar refractivity (Wildman–Crippen MR) is 101 cm³/mol. The lowest BCUT2D eigenvalue weighted by molar-refractivity contribution is 0.177. The van der Waals surface area contributed by atoms with E-state index in [0.29, 0.717) is 5.56 Å². The molecule has 25 heavy (non-hydrogen) atoms. The standard InChI is InChI=1S/C19H32F2N2OSi/c1-19(2,3)25(5,6)24-17-7-8-23(12-17)13-18(22-4)14-9-15(20)11-16(21)10-14/h9-11,17-18,22H,7-8,12-13H2,1-6H3/t17-,18-/m1/s1. The van der Waals surface area contributed by atoms with Crippen LogP contribution in [0.2, 0.25) is 18.1 Å². The van der Waals surface area contributed by atoms with Gasteiger partial charge in [0.05, 0.1) is 6.10 Å². The normalized spacial score (nSPS) is 20.9. The van der Waals surface area contributed by atoms with Crippen molar-refractivity contribution < 1.29 is 13.2 Å². The second-order valence-corrected chi connectivity index (χ2v) is 13.3. The van der Waals surface area contributed by atoms with Gasteiger partial charge in [0.25, 0.3) is 0 Å². The number of halogens is 2. The Kier molecular flexibility index (Phi) is 6.41. The second kappa shape index (κ2) is 7.82. The third-order valence-corrected chi connectivity index (χ3v) is 10.1. The van der Waals surface area contributed by atoms with Gasteiger partial charge in [0.1, 0.15) is 11.6 Å². The fraction of sp³-hybridized carbons (Fsp3) is 0.684. The van der Waals surface area contributed by atoms with Crippen LogP contribution in [-0.2, 0) is 4.43 Å². The molecule has 6 heteroatoms. The van der Waals surface area contributed by atoms with Gasteiger partial charge in [0.2, 0.25) is 0 Å². The van der Waals surface area contributed by atoms with Crippen LogP contribution < -0.4 is 5.32 Å². The minimum Gasteiger partial charge on any atom is -0.413 e. The molecule has 1 aromatic rings. The van der Waals surface area contributed by atoms with Crippen LogP contribution in [-0.4, -0.2) is 46.0 Å². The number of rotatable bonds is 6. The van der Waals surface area contributed by atoms with Crippen LogP contribution in [0.4, 0.5) is 8.78 Å². The van der Waals surface area contributed by atoms with Gasteiger partial charge >= 0.3 is 0 Å². The van der Waals surface area contributed by atoms with Crippen molar-refractivity contribution in [2.75, 3.05) is 26.7 Å². The molecule has 0 aliphatic carbocycles. The molecule has 0 spiro atoms. The highest BCUT2D eigenvalue weighted by Gasteiger charge is 2.40. The third-order valence-electron chi connectivity index (χ3n) is 5.57. The van der Waals surface area contributed by atoms with Crippen molar-refractivity contribution >= 4 is 8.32 Å². The maximum absolute atomic E-state index is 13.5. The topological polar surface area (TPSA) is 24.5 Å². The van der Waals surface area contributed by atoms with Crippen LogP contribution in [0, 0.1) is 11.6 Å². The number of hydrogen-bond acceptors (Lipinski definition) is 3. The van der Waals surface area contributed by atoms with E-state index in [1.807, 2.05) is 7.05 Å². The molecule has 0 bridgehead atoms. The summed E-state index contributed by atoms with van der Waals surface area (Å²) in [6, 6.07) is 3.63. The van der Waals surface area contributed by atoms with Gasteiger partial charge in [-0.3, -0.25) is 4.90 Å². The summed E-state index contributed by atoms with van der Waals surface area (Å²) in [6.45, 7) is 13.9. The van der Waals surface area contributed by atoms with E-state index in [0.717, 1.165) is 32.1 Å². The summed E-state index contributed by atoms with van der Waals surface area (Å²) in [5.74, 6) is -1.06. The minimum atomic E-state index is -1.77. The summed E-state index contributed by atoms with van der Waals surface area (Å²) >= 11 is 0. The van der Waals surface area contributed by atoms with Crippen molar-refractivity contribution in [1.29, 1.82) is 0 Å². The molecule has 1 fully saturated rings. The Hall–Kier alpha value is -0.823. The van der Waals surface area contributed by atoms with Crippen molar-refractivity contribution in [3.63, 3.8) is 0 Å². The number of benzene rings is 1. The Morgan fingerprint density at radius 3 is 2.36 bits per heavy atom. The van der Waals surface area contributed by atoms with Crippen LogP contribution >= 0.6 is 0 Å². The van der Waals surface area contributed by atoms with Gasteiger partial charge < -0.3 is 9.74 Å². The Morgan fingerprint density at radius 1 is 1.24 bits per heavy atom. The van der Waals surface area contributed by atoms with E-state index in [-0.39, 0.29) is 17.2 Å². The van der Waals surface area contributed by atoms with E-state index >= 15 is 0 Å². The zero-order chi connectivity index (χ0) is 18.8.